The van der Waals surface area contributed by atoms with E-state index in [4.69, 9.17) is 0 Å². The first-order valence-electron chi connectivity index (χ1n) is 12.9. The molecule has 0 atom stereocenters. The van der Waals surface area contributed by atoms with Crippen molar-refractivity contribution in [3.05, 3.63) is 108 Å². The van der Waals surface area contributed by atoms with Gasteiger partial charge in [0.25, 0.3) is 0 Å². The number of aromatic nitrogens is 1. The van der Waals surface area contributed by atoms with Crippen molar-refractivity contribution in [2.45, 2.75) is 54.9 Å². The molecule has 0 saturated carbocycles. The van der Waals surface area contributed by atoms with Crippen LogP contribution in [0.1, 0.15) is 52.3 Å². The predicted molar refractivity (Wildman–Crippen MR) is 159 cm³/mol. The summed E-state index contributed by atoms with van der Waals surface area (Å²) in [5.74, 6) is 1.08. The molecule has 0 aliphatic carbocycles. The van der Waals surface area contributed by atoms with Crippen molar-refractivity contribution in [2.24, 2.45) is 5.92 Å². The fraction of sp³-hybridized carbons (Fsp3) is 0.265. The zero-order chi connectivity index (χ0) is 26.5. The van der Waals surface area contributed by atoms with Crippen molar-refractivity contribution >= 4 is 21.7 Å². The van der Waals surface area contributed by atoms with E-state index in [0.717, 1.165) is 17.0 Å². The Hall–Kier alpha value is -3.65. The highest BCUT2D eigenvalue weighted by Gasteiger charge is 2.00. The number of nitrogens with zero attached hydrogens (tertiary/aromatic N) is 1. The zero-order valence-corrected chi connectivity index (χ0v) is 22.9. The Bertz CT molecular complexity index is 1340. The molecule has 0 fully saturated rings. The van der Waals surface area contributed by atoms with Gasteiger partial charge in [-0.2, -0.15) is 0 Å². The number of phenols is 1. The van der Waals surface area contributed by atoms with Crippen LogP contribution in [-0.2, 0) is 0 Å². The second-order valence-electron chi connectivity index (χ2n) is 9.67. The topological polar surface area (TPSA) is 33.1 Å². The number of hydrogen-bond donors (Lipinski definition) is 1. The monoisotopic (exact) mass is 479 g/mol. The van der Waals surface area contributed by atoms with Gasteiger partial charge < -0.3 is 5.11 Å². The third kappa shape index (κ3) is 9.19. The van der Waals surface area contributed by atoms with Crippen molar-refractivity contribution in [2.75, 3.05) is 0 Å². The second kappa shape index (κ2) is 14.7. The van der Waals surface area contributed by atoms with Gasteiger partial charge in [0.1, 0.15) is 11.3 Å². The molecule has 0 unspecified atom stereocenters. The summed E-state index contributed by atoms with van der Waals surface area (Å²) < 4.78 is 0. The average Bonchev–Trinajstić information content (AvgIpc) is 2.85. The SMILES string of the molecule is CC(C)C.CCC.Cc1ccc2cc(-c3ccccc3)ccc2c1.Cc1ccc2cccc(O)c2n1. The Morgan fingerprint density at radius 1 is 0.639 bits per heavy atom. The van der Waals surface area contributed by atoms with Gasteiger partial charge in [0.15, 0.2) is 0 Å². The zero-order valence-electron chi connectivity index (χ0n) is 22.9. The van der Waals surface area contributed by atoms with Gasteiger partial charge >= 0.3 is 0 Å². The minimum absolute atomic E-state index is 0.246. The van der Waals surface area contributed by atoms with E-state index in [9.17, 15) is 5.11 Å². The molecule has 2 nitrogen and oxygen atoms in total. The summed E-state index contributed by atoms with van der Waals surface area (Å²) in [4.78, 5) is 4.23. The third-order valence-electron chi connectivity index (χ3n) is 4.94. The lowest BCUT2D eigenvalue weighted by atomic mass is 10.0. The van der Waals surface area contributed by atoms with E-state index in [2.05, 4.69) is 107 Å². The molecule has 188 valence electrons. The molecular formula is C34H41NO. The summed E-state index contributed by atoms with van der Waals surface area (Å²) >= 11 is 0. The molecule has 0 radical (unpaired) electrons. The van der Waals surface area contributed by atoms with Crippen molar-refractivity contribution in [3.63, 3.8) is 0 Å². The quantitative estimate of drug-likeness (QED) is 0.259. The van der Waals surface area contributed by atoms with Crippen LogP contribution in [0.15, 0.2) is 97.1 Å². The number of fused-ring (bicyclic) bond motifs is 2. The van der Waals surface area contributed by atoms with Crippen LogP contribution in [0.2, 0.25) is 0 Å². The summed E-state index contributed by atoms with van der Waals surface area (Å²) in [5.41, 5.74) is 5.46. The first-order chi connectivity index (χ1) is 17.2. The molecule has 0 saturated heterocycles. The Kier molecular flexibility index (Phi) is 11.7. The summed E-state index contributed by atoms with van der Waals surface area (Å²) in [7, 11) is 0. The van der Waals surface area contributed by atoms with Gasteiger partial charge in [0.2, 0.25) is 0 Å². The smallest absolute Gasteiger partial charge is 0.141 e. The van der Waals surface area contributed by atoms with Crippen LogP contribution >= 0.6 is 0 Å². The Labute approximate surface area is 217 Å². The number of para-hydroxylation sites is 1. The minimum Gasteiger partial charge on any atom is -0.506 e. The van der Waals surface area contributed by atoms with E-state index in [1.165, 1.54) is 33.9 Å². The molecule has 1 aromatic heterocycles. The highest BCUT2D eigenvalue weighted by atomic mass is 16.3. The Morgan fingerprint density at radius 3 is 1.89 bits per heavy atom. The maximum absolute atomic E-state index is 9.43. The predicted octanol–water partition coefficient (Wildman–Crippen LogP) is 10.1. The number of aromatic hydroxyl groups is 1. The molecule has 2 heteroatoms. The molecule has 5 aromatic rings. The minimum atomic E-state index is 0.246. The molecule has 0 aliphatic heterocycles. The van der Waals surface area contributed by atoms with Gasteiger partial charge in [-0.25, -0.2) is 4.98 Å². The van der Waals surface area contributed by atoms with Crippen molar-refractivity contribution in [3.8, 4) is 16.9 Å². The fourth-order valence-corrected chi connectivity index (χ4v) is 3.40. The maximum atomic E-state index is 9.43. The van der Waals surface area contributed by atoms with Crippen molar-refractivity contribution in [1.29, 1.82) is 0 Å². The Balaban J connectivity index is 0.000000209. The number of phenolic OH excluding ortho intramolecular Hbond substituents is 1. The lowest BCUT2D eigenvalue weighted by Crippen LogP contribution is -1.82. The average molecular weight is 480 g/mol. The largest absolute Gasteiger partial charge is 0.506 e. The lowest BCUT2D eigenvalue weighted by molar-refractivity contribution is 0.480. The van der Waals surface area contributed by atoms with Crippen LogP contribution in [-0.4, -0.2) is 10.1 Å². The van der Waals surface area contributed by atoms with E-state index in [0.29, 0.717) is 5.52 Å². The maximum Gasteiger partial charge on any atom is 0.141 e. The summed E-state index contributed by atoms with van der Waals surface area (Å²) in [6.07, 6.45) is 1.25. The van der Waals surface area contributed by atoms with E-state index < -0.39 is 0 Å². The van der Waals surface area contributed by atoms with Gasteiger partial charge in [-0.1, -0.05) is 125 Å². The Morgan fingerprint density at radius 2 is 1.22 bits per heavy atom. The van der Waals surface area contributed by atoms with Crippen LogP contribution in [0.25, 0.3) is 32.8 Å². The molecule has 0 aliphatic rings. The molecule has 0 spiro atoms. The molecule has 0 amide bonds. The molecule has 36 heavy (non-hydrogen) atoms. The van der Waals surface area contributed by atoms with Gasteiger partial charge in [0, 0.05) is 11.1 Å². The van der Waals surface area contributed by atoms with Crippen LogP contribution in [0, 0.1) is 19.8 Å². The number of pyridine rings is 1. The molecular weight excluding hydrogens is 438 g/mol. The van der Waals surface area contributed by atoms with Crippen LogP contribution in [0.3, 0.4) is 0 Å². The van der Waals surface area contributed by atoms with E-state index in [1.54, 1.807) is 6.07 Å². The molecule has 4 aromatic carbocycles. The third-order valence-corrected chi connectivity index (χ3v) is 4.94. The van der Waals surface area contributed by atoms with E-state index in [1.807, 2.05) is 37.3 Å². The summed E-state index contributed by atoms with van der Waals surface area (Å²) in [6.45, 7) is 14.8. The first kappa shape index (κ1) is 28.6. The van der Waals surface area contributed by atoms with Gasteiger partial charge in [-0.05, 0) is 59.9 Å². The number of benzene rings is 4. The highest BCUT2D eigenvalue weighted by Crippen LogP contribution is 2.25. The lowest BCUT2D eigenvalue weighted by Gasteiger charge is -2.04. The normalized spacial score (nSPS) is 10.0. The number of aryl methyl sites for hydroxylation is 2. The standard InChI is InChI=1S/C17H14.C10H9NO.C4H10.C3H8/c1-13-7-8-17-12-16(10-9-15(17)11-13)14-5-3-2-4-6-14;1-7-5-6-8-3-2-4-9(12)10(8)11-7;1-4(2)3;1-3-2/h2-12H,1H3;2-6,12H,1H3;4H,1-3H3;3H2,1-2H3. The summed E-state index contributed by atoms with van der Waals surface area (Å²) in [5, 5.41) is 13.0. The highest BCUT2D eigenvalue weighted by molar-refractivity contribution is 5.88. The van der Waals surface area contributed by atoms with Crippen LogP contribution < -0.4 is 0 Å². The molecule has 5 rings (SSSR count). The number of hydrogen-bond acceptors (Lipinski definition) is 2. The van der Waals surface area contributed by atoms with Gasteiger partial charge in [-0.3, -0.25) is 0 Å². The van der Waals surface area contributed by atoms with Gasteiger partial charge in [0.05, 0.1) is 0 Å². The second-order valence-corrected chi connectivity index (χ2v) is 9.67. The molecule has 1 N–H and O–H groups in total. The molecule has 0 bridgehead atoms. The molecule has 1 heterocycles. The van der Waals surface area contributed by atoms with E-state index >= 15 is 0 Å². The van der Waals surface area contributed by atoms with Crippen LogP contribution in [0.4, 0.5) is 0 Å². The van der Waals surface area contributed by atoms with Crippen molar-refractivity contribution in [1.82, 2.24) is 4.98 Å². The van der Waals surface area contributed by atoms with Gasteiger partial charge in [-0.15, -0.1) is 0 Å². The van der Waals surface area contributed by atoms with E-state index in [-0.39, 0.29) is 5.75 Å². The van der Waals surface area contributed by atoms with Crippen molar-refractivity contribution < 1.29 is 5.11 Å². The summed E-state index contributed by atoms with van der Waals surface area (Å²) in [6, 6.07) is 33.0. The number of rotatable bonds is 1. The fourth-order valence-electron chi connectivity index (χ4n) is 3.40. The first-order valence-corrected chi connectivity index (χ1v) is 12.9. The van der Waals surface area contributed by atoms with Crippen LogP contribution in [0.5, 0.6) is 5.75 Å².